The number of anilines is 1. The fourth-order valence-corrected chi connectivity index (χ4v) is 3.00. The molecule has 0 aliphatic rings. The number of methoxy groups -OCH3 is 2. The third-order valence-corrected chi connectivity index (χ3v) is 4.55. The quantitative estimate of drug-likeness (QED) is 0.757. The Kier molecular flexibility index (Phi) is 5.72. The lowest BCUT2D eigenvalue weighted by Crippen LogP contribution is -2.25. The number of carboxylic acids is 1. The summed E-state index contributed by atoms with van der Waals surface area (Å²) in [5.41, 5.74) is -0.220. The fourth-order valence-electron chi connectivity index (χ4n) is 1.96. The van der Waals surface area contributed by atoms with Gasteiger partial charge in [-0.05, 0) is 11.6 Å². The van der Waals surface area contributed by atoms with Crippen LogP contribution < -0.4 is 14.8 Å². The summed E-state index contributed by atoms with van der Waals surface area (Å²) < 4.78 is 34.3. The maximum atomic E-state index is 12.3. The van der Waals surface area contributed by atoms with Crippen molar-refractivity contribution in [2.24, 2.45) is 0 Å². The molecule has 0 saturated carbocycles. The first-order valence-corrected chi connectivity index (χ1v) is 8.74. The summed E-state index contributed by atoms with van der Waals surface area (Å²) in [5.74, 6) is -2.30. The molecule has 0 spiro atoms. The molecular formula is C15H15N3O7S. The summed E-state index contributed by atoms with van der Waals surface area (Å²) in [5, 5.41) is 9.77. The summed E-state index contributed by atoms with van der Waals surface area (Å²) in [6.45, 7) is 0. The molecule has 26 heavy (non-hydrogen) atoms. The lowest BCUT2D eigenvalue weighted by molar-refractivity contribution is 0.0696. The van der Waals surface area contributed by atoms with Gasteiger partial charge in [-0.1, -0.05) is 18.2 Å². The Labute approximate surface area is 148 Å². The van der Waals surface area contributed by atoms with Crippen LogP contribution >= 0.6 is 0 Å². The Hall–Kier alpha value is -3.21. The van der Waals surface area contributed by atoms with Crippen LogP contribution in [0.3, 0.4) is 0 Å². The number of hydrogen-bond donors (Lipinski definition) is 2. The minimum absolute atomic E-state index is 0.0145. The van der Waals surface area contributed by atoms with E-state index in [0.717, 1.165) is 0 Å². The average Bonchev–Trinajstić information content (AvgIpc) is 2.61. The van der Waals surface area contributed by atoms with Gasteiger partial charge in [-0.15, -0.1) is 0 Å². The van der Waals surface area contributed by atoms with Crippen LogP contribution in [0.5, 0.6) is 11.8 Å². The molecule has 11 heteroatoms. The summed E-state index contributed by atoms with van der Waals surface area (Å²) >= 11 is 0. The lowest BCUT2D eigenvalue weighted by atomic mass is 10.1. The topological polar surface area (TPSA) is 145 Å². The van der Waals surface area contributed by atoms with Crippen LogP contribution in [0, 0.1) is 0 Å². The molecule has 10 nitrogen and oxygen atoms in total. The number of carbonyl (C=O) groups is 2. The highest BCUT2D eigenvalue weighted by Crippen LogP contribution is 2.19. The van der Waals surface area contributed by atoms with E-state index in [1.807, 2.05) is 5.32 Å². The number of carbonyl (C=O) groups excluding carboxylic acids is 1. The zero-order valence-electron chi connectivity index (χ0n) is 13.8. The fraction of sp³-hybridized carbons (Fsp3) is 0.200. The number of aromatic nitrogens is 2. The maximum absolute atomic E-state index is 12.3. The van der Waals surface area contributed by atoms with Gasteiger partial charge in [0.1, 0.15) is 0 Å². The van der Waals surface area contributed by atoms with E-state index in [1.165, 1.54) is 44.6 Å². The van der Waals surface area contributed by atoms with Gasteiger partial charge in [0, 0.05) is 0 Å². The van der Waals surface area contributed by atoms with Crippen molar-refractivity contribution in [2.75, 3.05) is 19.5 Å². The molecule has 0 bridgehead atoms. The minimum atomic E-state index is -4.38. The van der Waals surface area contributed by atoms with Gasteiger partial charge >= 0.3 is 11.2 Å². The first kappa shape index (κ1) is 19.1. The number of sulfone groups is 1. The second-order valence-corrected chi connectivity index (χ2v) is 6.80. The third kappa shape index (κ3) is 4.45. The van der Waals surface area contributed by atoms with Gasteiger partial charge in [-0.3, -0.25) is 10.1 Å². The van der Waals surface area contributed by atoms with Crippen molar-refractivity contribution in [1.29, 1.82) is 0 Å². The van der Waals surface area contributed by atoms with E-state index >= 15 is 0 Å². The third-order valence-electron chi connectivity index (χ3n) is 3.19. The second-order valence-electron chi connectivity index (χ2n) is 4.91. The number of nitrogens with one attached hydrogen (secondary N) is 1. The monoisotopic (exact) mass is 381 g/mol. The number of nitrogens with zero attached hydrogens (tertiary/aromatic N) is 2. The standard InChI is InChI=1S/C15H15N3O7S/c1-24-11-7-12(25-2)17-14(16-11)18-15(21)26(22,23)8-9-5-3-4-6-10(9)13(19)20/h3-7H,8H2,1-2H3,(H,19,20)(H,16,17,18,21). The lowest BCUT2D eigenvalue weighted by Gasteiger charge is -2.09. The van der Waals surface area contributed by atoms with Gasteiger partial charge in [0.05, 0.1) is 31.6 Å². The number of rotatable bonds is 6. The molecule has 0 fully saturated rings. The van der Waals surface area contributed by atoms with E-state index in [9.17, 15) is 18.0 Å². The van der Waals surface area contributed by atoms with Crippen LogP contribution in [-0.4, -0.2) is 48.9 Å². The molecule has 1 aromatic carbocycles. The van der Waals surface area contributed by atoms with E-state index < -0.39 is 26.8 Å². The largest absolute Gasteiger partial charge is 0.481 e. The first-order valence-electron chi connectivity index (χ1n) is 7.09. The molecule has 0 aliphatic heterocycles. The Balaban J connectivity index is 2.25. The van der Waals surface area contributed by atoms with Crippen LogP contribution in [0.4, 0.5) is 10.7 Å². The highest BCUT2D eigenvalue weighted by molar-refractivity contribution is 8.05. The SMILES string of the molecule is COc1cc(OC)nc(NC(=O)S(=O)(=O)Cc2ccccc2C(=O)O)n1. The number of aromatic carboxylic acids is 1. The molecule has 0 radical (unpaired) electrons. The zero-order chi connectivity index (χ0) is 19.3. The minimum Gasteiger partial charge on any atom is -0.481 e. The van der Waals surface area contributed by atoms with Crippen molar-refractivity contribution in [2.45, 2.75) is 5.75 Å². The van der Waals surface area contributed by atoms with Crippen molar-refractivity contribution in [3.05, 3.63) is 41.5 Å². The van der Waals surface area contributed by atoms with Gasteiger partial charge in [0.2, 0.25) is 27.5 Å². The number of carboxylic acid groups (broad SMARTS) is 1. The van der Waals surface area contributed by atoms with E-state index in [0.29, 0.717) is 0 Å². The van der Waals surface area contributed by atoms with Crippen LogP contribution in [0.25, 0.3) is 0 Å². The van der Waals surface area contributed by atoms with Crippen molar-refractivity contribution in [1.82, 2.24) is 9.97 Å². The second kappa shape index (κ2) is 7.78. The summed E-state index contributed by atoms with van der Waals surface area (Å²) in [7, 11) is -1.73. The van der Waals surface area contributed by atoms with Crippen molar-refractivity contribution >= 4 is 27.0 Å². The van der Waals surface area contributed by atoms with Gasteiger partial charge in [0.15, 0.2) is 0 Å². The number of amides is 1. The number of hydrogen-bond acceptors (Lipinski definition) is 8. The highest BCUT2D eigenvalue weighted by atomic mass is 32.2. The molecular weight excluding hydrogens is 366 g/mol. The van der Waals surface area contributed by atoms with E-state index in [1.54, 1.807) is 0 Å². The van der Waals surface area contributed by atoms with Crippen molar-refractivity contribution in [3.63, 3.8) is 0 Å². The van der Waals surface area contributed by atoms with Gasteiger partial charge in [-0.25, -0.2) is 13.2 Å². The van der Waals surface area contributed by atoms with E-state index in [4.69, 9.17) is 14.6 Å². The number of benzene rings is 1. The van der Waals surface area contributed by atoms with Gasteiger partial charge < -0.3 is 14.6 Å². The molecule has 1 heterocycles. The predicted molar refractivity (Wildman–Crippen MR) is 90.2 cm³/mol. The van der Waals surface area contributed by atoms with Crippen LogP contribution in [0.2, 0.25) is 0 Å². The molecule has 0 unspecified atom stereocenters. The first-order chi connectivity index (χ1) is 12.3. The molecule has 138 valence electrons. The van der Waals surface area contributed by atoms with Crippen LogP contribution in [-0.2, 0) is 15.6 Å². The maximum Gasteiger partial charge on any atom is 0.343 e. The van der Waals surface area contributed by atoms with Gasteiger partial charge in [-0.2, -0.15) is 9.97 Å². The smallest absolute Gasteiger partial charge is 0.343 e. The number of ether oxygens (including phenoxy) is 2. The van der Waals surface area contributed by atoms with E-state index in [-0.39, 0.29) is 28.8 Å². The van der Waals surface area contributed by atoms with Crippen LogP contribution in [0.1, 0.15) is 15.9 Å². The summed E-state index contributed by atoms with van der Waals surface area (Å²) in [6.07, 6.45) is 0. The molecule has 0 atom stereocenters. The normalized spacial score (nSPS) is 10.8. The highest BCUT2D eigenvalue weighted by Gasteiger charge is 2.26. The van der Waals surface area contributed by atoms with Crippen molar-refractivity contribution < 1.29 is 32.6 Å². The summed E-state index contributed by atoms with van der Waals surface area (Å²) in [6, 6.07) is 6.84. The Morgan fingerprint density at radius 1 is 1.12 bits per heavy atom. The Morgan fingerprint density at radius 2 is 1.69 bits per heavy atom. The molecule has 2 aromatic rings. The predicted octanol–water partition coefficient (Wildman–Crippen LogP) is 1.34. The Bertz CT molecular complexity index is 922. The average molecular weight is 381 g/mol. The molecule has 0 saturated heterocycles. The van der Waals surface area contributed by atoms with Gasteiger partial charge in [0.25, 0.3) is 0 Å². The summed E-state index contributed by atoms with van der Waals surface area (Å²) in [4.78, 5) is 30.9. The van der Waals surface area contributed by atoms with E-state index in [2.05, 4.69) is 9.97 Å². The van der Waals surface area contributed by atoms with Crippen LogP contribution in [0.15, 0.2) is 30.3 Å². The molecule has 1 aromatic heterocycles. The molecule has 2 N–H and O–H groups in total. The molecule has 1 amide bonds. The van der Waals surface area contributed by atoms with Crippen molar-refractivity contribution in [3.8, 4) is 11.8 Å². The zero-order valence-corrected chi connectivity index (χ0v) is 14.6. The molecule has 2 rings (SSSR count). The Morgan fingerprint density at radius 3 is 2.23 bits per heavy atom. The molecule has 0 aliphatic carbocycles.